The topological polar surface area (TPSA) is 45.4 Å². The first-order valence-corrected chi connectivity index (χ1v) is 7.81. The van der Waals surface area contributed by atoms with Crippen LogP contribution in [0.15, 0.2) is 6.20 Å². The molecule has 4 nitrogen and oxygen atoms in total. The van der Waals surface area contributed by atoms with E-state index >= 15 is 0 Å². The van der Waals surface area contributed by atoms with Crippen LogP contribution in [0.1, 0.15) is 25.7 Å². The van der Waals surface area contributed by atoms with E-state index in [1.165, 1.54) is 45.3 Å². The summed E-state index contributed by atoms with van der Waals surface area (Å²) in [7, 11) is 0. The van der Waals surface area contributed by atoms with Crippen molar-refractivity contribution in [1.29, 1.82) is 0 Å². The average molecular weight is 266 g/mol. The predicted octanol–water partition coefficient (Wildman–Crippen LogP) is 2.04. The number of thiazole rings is 1. The predicted molar refractivity (Wildman–Crippen MR) is 77.1 cm³/mol. The second-order valence-electron chi connectivity index (χ2n) is 5.48. The zero-order valence-corrected chi connectivity index (χ0v) is 11.7. The van der Waals surface area contributed by atoms with Crippen molar-refractivity contribution in [3.8, 4) is 0 Å². The van der Waals surface area contributed by atoms with Gasteiger partial charge in [0.2, 0.25) is 0 Å². The normalized spacial score (nSPS) is 22.8. The van der Waals surface area contributed by atoms with Gasteiger partial charge in [-0.25, -0.2) is 4.98 Å². The van der Waals surface area contributed by atoms with Crippen LogP contribution in [0.2, 0.25) is 0 Å². The van der Waals surface area contributed by atoms with E-state index in [0.717, 1.165) is 29.1 Å². The lowest BCUT2D eigenvalue weighted by Crippen LogP contribution is -2.38. The van der Waals surface area contributed by atoms with E-state index in [9.17, 15) is 0 Å². The molecule has 0 unspecified atom stereocenters. The maximum Gasteiger partial charge on any atom is 0.187 e. The monoisotopic (exact) mass is 266 g/mol. The molecule has 18 heavy (non-hydrogen) atoms. The summed E-state index contributed by atoms with van der Waals surface area (Å²) in [5.41, 5.74) is 5.74. The van der Waals surface area contributed by atoms with E-state index in [2.05, 4.69) is 14.8 Å². The first-order valence-electron chi connectivity index (χ1n) is 7.00. The van der Waals surface area contributed by atoms with Gasteiger partial charge in [0.15, 0.2) is 5.13 Å². The van der Waals surface area contributed by atoms with Crippen molar-refractivity contribution in [3.63, 3.8) is 0 Å². The number of hydrogen-bond acceptors (Lipinski definition) is 5. The molecule has 3 rings (SSSR count). The van der Waals surface area contributed by atoms with E-state index in [4.69, 9.17) is 5.73 Å². The zero-order chi connectivity index (χ0) is 12.4. The van der Waals surface area contributed by atoms with Crippen LogP contribution < -0.4 is 10.6 Å². The van der Waals surface area contributed by atoms with E-state index < -0.39 is 0 Å². The molecule has 0 amide bonds. The SMILES string of the molecule is Nc1cnc(N2CCC(CN3CCCC3)CC2)s1. The number of likely N-dealkylation sites (tertiary alicyclic amines) is 1. The summed E-state index contributed by atoms with van der Waals surface area (Å²) in [5.74, 6) is 0.886. The Labute approximate surface area is 113 Å². The maximum absolute atomic E-state index is 5.74. The third-order valence-corrected chi connectivity index (χ3v) is 5.00. The largest absolute Gasteiger partial charge is 0.389 e. The van der Waals surface area contributed by atoms with E-state index in [0.29, 0.717) is 0 Å². The van der Waals surface area contributed by atoms with E-state index in [1.54, 1.807) is 17.5 Å². The molecule has 2 aliphatic heterocycles. The number of nitrogen functional groups attached to an aromatic ring is 1. The van der Waals surface area contributed by atoms with Gasteiger partial charge in [0.25, 0.3) is 0 Å². The molecule has 100 valence electrons. The first-order chi connectivity index (χ1) is 8.81. The lowest BCUT2D eigenvalue weighted by molar-refractivity contribution is 0.249. The second kappa shape index (κ2) is 5.45. The van der Waals surface area contributed by atoms with Crippen LogP contribution in [-0.2, 0) is 0 Å². The number of anilines is 2. The molecule has 3 heterocycles. The summed E-state index contributed by atoms with van der Waals surface area (Å²) in [6, 6.07) is 0. The average Bonchev–Trinajstić information content (AvgIpc) is 3.02. The second-order valence-corrected chi connectivity index (χ2v) is 6.52. The van der Waals surface area contributed by atoms with Gasteiger partial charge in [-0.05, 0) is 44.7 Å². The summed E-state index contributed by atoms with van der Waals surface area (Å²) in [6.07, 6.45) is 7.18. The first kappa shape index (κ1) is 12.2. The van der Waals surface area contributed by atoms with Crippen molar-refractivity contribution in [2.75, 3.05) is 43.4 Å². The minimum Gasteiger partial charge on any atom is -0.389 e. The summed E-state index contributed by atoms with van der Waals surface area (Å²) in [5, 5.41) is 1.93. The van der Waals surface area contributed by atoms with Crippen LogP contribution in [-0.4, -0.2) is 42.6 Å². The van der Waals surface area contributed by atoms with Gasteiger partial charge in [0.05, 0.1) is 6.20 Å². The minimum absolute atomic E-state index is 0.823. The van der Waals surface area contributed by atoms with Gasteiger partial charge in [-0.15, -0.1) is 0 Å². The fourth-order valence-corrected chi connectivity index (χ4v) is 3.79. The zero-order valence-electron chi connectivity index (χ0n) is 10.8. The third kappa shape index (κ3) is 2.78. The highest BCUT2D eigenvalue weighted by Crippen LogP contribution is 2.29. The van der Waals surface area contributed by atoms with Gasteiger partial charge in [0, 0.05) is 19.6 Å². The number of hydrogen-bond donors (Lipinski definition) is 1. The van der Waals surface area contributed by atoms with Crippen LogP contribution in [0, 0.1) is 5.92 Å². The molecule has 0 saturated carbocycles. The number of piperidine rings is 1. The Hall–Kier alpha value is -0.810. The van der Waals surface area contributed by atoms with Gasteiger partial charge < -0.3 is 15.5 Å². The summed E-state index contributed by atoms with van der Waals surface area (Å²) >= 11 is 1.61. The molecular formula is C13H22N4S. The Bertz CT molecular complexity index is 378. The fourth-order valence-electron chi connectivity index (χ4n) is 3.06. The van der Waals surface area contributed by atoms with Gasteiger partial charge in [-0.1, -0.05) is 11.3 Å². The smallest absolute Gasteiger partial charge is 0.187 e. The van der Waals surface area contributed by atoms with E-state index in [1.807, 2.05) is 0 Å². The molecular weight excluding hydrogens is 244 g/mol. The minimum atomic E-state index is 0.823. The lowest BCUT2D eigenvalue weighted by Gasteiger charge is -2.33. The Morgan fingerprint density at radius 1 is 1.22 bits per heavy atom. The highest BCUT2D eigenvalue weighted by atomic mass is 32.1. The van der Waals surface area contributed by atoms with Crippen LogP contribution >= 0.6 is 11.3 Å². The van der Waals surface area contributed by atoms with Crippen LogP contribution in [0.3, 0.4) is 0 Å². The van der Waals surface area contributed by atoms with Crippen molar-refractivity contribution in [2.45, 2.75) is 25.7 Å². The van der Waals surface area contributed by atoms with Crippen LogP contribution in [0.5, 0.6) is 0 Å². The van der Waals surface area contributed by atoms with Crippen molar-refractivity contribution >= 4 is 21.5 Å². The molecule has 1 aromatic rings. The van der Waals surface area contributed by atoms with Gasteiger partial charge in [0.1, 0.15) is 5.00 Å². The number of aromatic nitrogens is 1. The number of nitrogens with two attached hydrogens (primary N) is 1. The van der Waals surface area contributed by atoms with Crippen molar-refractivity contribution < 1.29 is 0 Å². The Morgan fingerprint density at radius 2 is 1.94 bits per heavy atom. The lowest BCUT2D eigenvalue weighted by atomic mass is 9.96. The summed E-state index contributed by atoms with van der Waals surface area (Å²) in [6.45, 7) is 6.25. The van der Waals surface area contributed by atoms with Crippen LogP contribution in [0.25, 0.3) is 0 Å². The molecule has 2 N–H and O–H groups in total. The molecule has 0 radical (unpaired) electrons. The standard InChI is InChI=1S/C13H22N4S/c14-12-9-15-13(18-12)17-7-3-11(4-8-17)10-16-5-1-2-6-16/h9,11H,1-8,10,14H2. The summed E-state index contributed by atoms with van der Waals surface area (Å²) in [4.78, 5) is 9.41. The molecule has 5 heteroatoms. The molecule has 0 bridgehead atoms. The number of rotatable bonds is 3. The fraction of sp³-hybridized carbons (Fsp3) is 0.769. The third-order valence-electron chi connectivity index (χ3n) is 4.11. The Morgan fingerprint density at radius 3 is 2.56 bits per heavy atom. The van der Waals surface area contributed by atoms with Gasteiger partial charge in [-0.2, -0.15) is 0 Å². The highest BCUT2D eigenvalue weighted by Gasteiger charge is 2.23. The molecule has 2 fully saturated rings. The molecule has 0 aromatic carbocycles. The van der Waals surface area contributed by atoms with Crippen molar-refractivity contribution in [3.05, 3.63) is 6.20 Å². The Kier molecular flexibility index (Phi) is 3.70. The molecule has 0 spiro atoms. The summed E-state index contributed by atoms with van der Waals surface area (Å²) < 4.78 is 0. The van der Waals surface area contributed by atoms with Crippen molar-refractivity contribution in [1.82, 2.24) is 9.88 Å². The number of nitrogens with zero attached hydrogens (tertiary/aromatic N) is 3. The molecule has 0 aliphatic carbocycles. The van der Waals surface area contributed by atoms with Gasteiger partial charge >= 0.3 is 0 Å². The molecule has 0 atom stereocenters. The van der Waals surface area contributed by atoms with Crippen molar-refractivity contribution in [2.24, 2.45) is 5.92 Å². The van der Waals surface area contributed by atoms with Gasteiger partial charge in [-0.3, -0.25) is 0 Å². The molecule has 2 saturated heterocycles. The highest BCUT2D eigenvalue weighted by molar-refractivity contribution is 7.19. The quantitative estimate of drug-likeness (QED) is 0.909. The van der Waals surface area contributed by atoms with Crippen LogP contribution in [0.4, 0.5) is 10.1 Å². The Balaban J connectivity index is 1.48. The van der Waals surface area contributed by atoms with E-state index in [-0.39, 0.29) is 0 Å². The maximum atomic E-state index is 5.74. The molecule has 1 aromatic heterocycles. The molecule has 2 aliphatic rings.